The summed E-state index contributed by atoms with van der Waals surface area (Å²) in [4.78, 5) is 3.87. The molecule has 0 bridgehead atoms. The Kier molecular flexibility index (Phi) is 3.37. The van der Waals surface area contributed by atoms with E-state index in [-0.39, 0.29) is 0 Å². The minimum absolute atomic E-state index is 0.390. The fraction of sp³-hybridized carbons (Fsp3) is 0.444. The van der Waals surface area contributed by atoms with Crippen molar-refractivity contribution in [1.82, 2.24) is 4.98 Å². The molecular formula is C9H14ClN3. The standard InChI is InChI=1S/C9H14ClN3/c1-3-6(2)13-8-4-9(10)12-5-7(8)11/h4-6H,3,11H2,1-2H3,(H,12,13)/t6-/m1/s1. The van der Waals surface area contributed by atoms with Gasteiger partial charge in [0.25, 0.3) is 0 Å². The number of hydrogen-bond donors (Lipinski definition) is 2. The summed E-state index contributed by atoms with van der Waals surface area (Å²) in [5.41, 5.74) is 7.19. The largest absolute Gasteiger partial charge is 0.396 e. The first-order valence-electron chi connectivity index (χ1n) is 4.31. The van der Waals surface area contributed by atoms with Gasteiger partial charge in [-0.05, 0) is 13.3 Å². The maximum Gasteiger partial charge on any atom is 0.131 e. The normalized spacial score (nSPS) is 12.5. The molecule has 3 N–H and O–H groups in total. The van der Waals surface area contributed by atoms with Gasteiger partial charge in [-0.15, -0.1) is 0 Å². The molecule has 1 atom stereocenters. The van der Waals surface area contributed by atoms with Gasteiger partial charge < -0.3 is 11.1 Å². The molecule has 0 amide bonds. The molecule has 72 valence electrons. The number of nitrogens with one attached hydrogen (secondary N) is 1. The van der Waals surface area contributed by atoms with Crippen molar-refractivity contribution in [3.63, 3.8) is 0 Å². The Balaban J connectivity index is 2.81. The molecule has 0 aliphatic rings. The average Bonchev–Trinajstić information content (AvgIpc) is 2.11. The van der Waals surface area contributed by atoms with Crippen LogP contribution in [0.1, 0.15) is 20.3 Å². The molecule has 1 aromatic heterocycles. The van der Waals surface area contributed by atoms with Crippen LogP contribution >= 0.6 is 11.6 Å². The number of nitrogens with two attached hydrogens (primary N) is 1. The number of halogens is 1. The first-order valence-corrected chi connectivity index (χ1v) is 4.68. The zero-order valence-corrected chi connectivity index (χ0v) is 8.60. The van der Waals surface area contributed by atoms with E-state index < -0.39 is 0 Å². The SMILES string of the molecule is CC[C@@H](C)Nc1cc(Cl)ncc1N. The predicted molar refractivity (Wildman–Crippen MR) is 57.0 cm³/mol. The first kappa shape index (κ1) is 10.1. The van der Waals surface area contributed by atoms with Crippen LogP contribution in [0.3, 0.4) is 0 Å². The lowest BCUT2D eigenvalue weighted by Gasteiger charge is -2.14. The number of pyridine rings is 1. The van der Waals surface area contributed by atoms with Crippen molar-refractivity contribution >= 4 is 23.0 Å². The van der Waals surface area contributed by atoms with Gasteiger partial charge in [0.05, 0.1) is 17.6 Å². The third kappa shape index (κ3) is 2.77. The molecule has 0 aliphatic carbocycles. The molecule has 4 heteroatoms. The molecule has 0 aromatic carbocycles. The fourth-order valence-electron chi connectivity index (χ4n) is 0.933. The number of anilines is 2. The van der Waals surface area contributed by atoms with E-state index in [1.165, 1.54) is 0 Å². The highest BCUT2D eigenvalue weighted by molar-refractivity contribution is 6.29. The molecule has 1 aromatic rings. The third-order valence-electron chi connectivity index (χ3n) is 1.92. The minimum Gasteiger partial charge on any atom is -0.396 e. The van der Waals surface area contributed by atoms with E-state index in [4.69, 9.17) is 17.3 Å². The quantitative estimate of drug-likeness (QED) is 0.736. The fourth-order valence-corrected chi connectivity index (χ4v) is 1.09. The second-order valence-electron chi connectivity index (χ2n) is 3.05. The van der Waals surface area contributed by atoms with Crippen LogP contribution in [0.4, 0.5) is 11.4 Å². The zero-order chi connectivity index (χ0) is 9.84. The monoisotopic (exact) mass is 199 g/mol. The van der Waals surface area contributed by atoms with Crippen molar-refractivity contribution in [2.75, 3.05) is 11.1 Å². The molecule has 0 radical (unpaired) electrons. The Morgan fingerprint density at radius 1 is 1.69 bits per heavy atom. The van der Waals surface area contributed by atoms with Crippen molar-refractivity contribution in [2.24, 2.45) is 0 Å². The minimum atomic E-state index is 0.390. The van der Waals surface area contributed by atoms with E-state index in [1.54, 1.807) is 12.3 Å². The summed E-state index contributed by atoms with van der Waals surface area (Å²) in [6.45, 7) is 4.20. The molecule has 0 aliphatic heterocycles. The lowest BCUT2D eigenvalue weighted by atomic mass is 10.2. The van der Waals surface area contributed by atoms with Crippen LogP contribution in [-0.2, 0) is 0 Å². The summed E-state index contributed by atoms with van der Waals surface area (Å²) in [6, 6.07) is 2.13. The van der Waals surface area contributed by atoms with Gasteiger partial charge in [0.1, 0.15) is 5.15 Å². The first-order chi connectivity index (χ1) is 6.13. The Bertz CT molecular complexity index is 288. The number of rotatable bonds is 3. The number of hydrogen-bond acceptors (Lipinski definition) is 3. The average molecular weight is 200 g/mol. The van der Waals surface area contributed by atoms with Crippen LogP contribution < -0.4 is 11.1 Å². The van der Waals surface area contributed by atoms with Gasteiger partial charge in [0.2, 0.25) is 0 Å². The number of aromatic nitrogens is 1. The smallest absolute Gasteiger partial charge is 0.131 e. The maximum atomic E-state index is 5.74. The van der Waals surface area contributed by atoms with E-state index >= 15 is 0 Å². The summed E-state index contributed by atoms with van der Waals surface area (Å²) in [5, 5.41) is 3.71. The Hall–Kier alpha value is -0.960. The topological polar surface area (TPSA) is 50.9 Å². The van der Waals surface area contributed by atoms with E-state index in [1.807, 2.05) is 0 Å². The summed E-state index contributed by atoms with van der Waals surface area (Å²) in [5.74, 6) is 0. The highest BCUT2D eigenvalue weighted by Crippen LogP contribution is 2.21. The van der Waals surface area contributed by atoms with Gasteiger partial charge in [-0.2, -0.15) is 0 Å². The highest BCUT2D eigenvalue weighted by atomic mass is 35.5. The van der Waals surface area contributed by atoms with Gasteiger partial charge in [0, 0.05) is 12.1 Å². The molecule has 3 nitrogen and oxygen atoms in total. The van der Waals surface area contributed by atoms with E-state index in [0.717, 1.165) is 12.1 Å². The zero-order valence-electron chi connectivity index (χ0n) is 7.84. The van der Waals surface area contributed by atoms with Crippen LogP contribution in [0.15, 0.2) is 12.3 Å². The van der Waals surface area contributed by atoms with Crippen molar-refractivity contribution in [3.05, 3.63) is 17.4 Å². The molecule has 0 fully saturated rings. The third-order valence-corrected chi connectivity index (χ3v) is 2.12. The Labute approximate surface area is 83.3 Å². The summed E-state index contributed by atoms with van der Waals surface area (Å²) >= 11 is 5.74. The van der Waals surface area contributed by atoms with Crippen LogP contribution in [-0.4, -0.2) is 11.0 Å². The molecular weight excluding hydrogens is 186 g/mol. The molecule has 1 rings (SSSR count). The summed E-state index contributed by atoms with van der Waals surface area (Å²) in [7, 11) is 0. The molecule has 0 saturated carbocycles. The summed E-state index contributed by atoms with van der Waals surface area (Å²) in [6.07, 6.45) is 2.60. The molecule has 13 heavy (non-hydrogen) atoms. The van der Waals surface area contributed by atoms with Gasteiger partial charge in [-0.25, -0.2) is 4.98 Å². The van der Waals surface area contributed by atoms with Gasteiger partial charge in [0.15, 0.2) is 0 Å². The van der Waals surface area contributed by atoms with Crippen LogP contribution in [0.25, 0.3) is 0 Å². The number of nitrogen functional groups attached to an aromatic ring is 1. The second kappa shape index (κ2) is 4.33. The lowest BCUT2D eigenvalue weighted by molar-refractivity contribution is 0.764. The van der Waals surface area contributed by atoms with Crippen molar-refractivity contribution in [3.8, 4) is 0 Å². The van der Waals surface area contributed by atoms with E-state index in [0.29, 0.717) is 16.9 Å². The second-order valence-corrected chi connectivity index (χ2v) is 3.44. The van der Waals surface area contributed by atoms with Gasteiger partial charge >= 0.3 is 0 Å². The molecule has 0 spiro atoms. The van der Waals surface area contributed by atoms with Gasteiger partial charge in [-0.3, -0.25) is 0 Å². The Morgan fingerprint density at radius 2 is 2.38 bits per heavy atom. The van der Waals surface area contributed by atoms with Gasteiger partial charge in [-0.1, -0.05) is 18.5 Å². The van der Waals surface area contributed by atoms with Crippen molar-refractivity contribution in [2.45, 2.75) is 26.3 Å². The van der Waals surface area contributed by atoms with E-state index in [9.17, 15) is 0 Å². The summed E-state index contributed by atoms with van der Waals surface area (Å²) < 4.78 is 0. The van der Waals surface area contributed by atoms with Crippen LogP contribution in [0, 0.1) is 0 Å². The molecule has 0 saturated heterocycles. The maximum absolute atomic E-state index is 5.74. The van der Waals surface area contributed by atoms with Crippen molar-refractivity contribution < 1.29 is 0 Å². The Morgan fingerprint density at radius 3 is 3.00 bits per heavy atom. The van der Waals surface area contributed by atoms with Crippen LogP contribution in [0.2, 0.25) is 5.15 Å². The molecule has 0 unspecified atom stereocenters. The van der Waals surface area contributed by atoms with Crippen LogP contribution in [0.5, 0.6) is 0 Å². The van der Waals surface area contributed by atoms with E-state index in [2.05, 4.69) is 24.1 Å². The van der Waals surface area contributed by atoms with Crippen molar-refractivity contribution in [1.29, 1.82) is 0 Å². The molecule has 1 heterocycles. The number of nitrogens with zero attached hydrogens (tertiary/aromatic N) is 1. The predicted octanol–water partition coefficient (Wildman–Crippen LogP) is 2.53. The highest BCUT2D eigenvalue weighted by Gasteiger charge is 2.03. The lowest BCUT2D eigenvalue weighted by Crippen LogP contribution is -2.14.